The number of H-pyrrole nitrogens is 1. The normalized spacial score (nSPS) is 12.8. The van der Waals surface area contributed by atoms with E-state index in [9.17, 15) is 4.79 Å². The fourth-order valence-electron chi connectivity index (χ4n) is 3.04. The Bertz CT molecular complexity index is 898. The summed E-state index contributed by atoms with van der Waals surface area (Å²) in [5, 5.41) is 14.0. The van der Waals surface area contributed by atoms with Crippen LogP contribution >= 0.6 is 0 Å². The number of rotatable bonds is 5. The molecule has 0 atom stereocenters. The summed E-state index contributed by atoms with van der Waals surface area (Å²) in [5.74, 6) is 1.35. The third kappa shape index (κ3) is 3.00. The number of benzene rings is 1. The number of ether oxygens (including phenoxy) is 1. The van der Waals surface area contributed by atoms with Gasteiger partial charge < -0.3 is 14.6 Å². The Morgan fingerprint density at radius 1 is 1.32 bits per heavy atom. The number of aromatic nitrogens is 3. The van der Waals surface area contributed by atoms with Gasteiger partial charge >= 0.3 is 0 Å². The lowest BCUT2D eigenvalue weighted by atomic mass is 10.1. The predicted molar refractivity (Wildman–Crippen MR) is 91.4 cm³/mol. The van der Waals surface area contributed by atoms with Crippen molar-refractivity contribution in [2.24, 2.45) is 0 Å². The molecule has 1 aliphatic rings. The lowest BCUT2D eigenvalue weighted by Gasteiger charge is -2.07. The van der Waals surface area contributed by atoms with Crippen LogP contribution in [0.15, 0.2) is 34.9 Å². The number of carbonyl (C=O) groups excluding carboxylic acids is 1. The van der Waals surface area contributed by atoms with Crippen molar-refractivity contribution in [1.29, 1.82) is 0 Å². The van der Waals surface area contributed by atoms with Gasteiger partial charge in [0, 0.05) is 23.7 Å². The lowest BCUT2D eigenvalue weighted by molar-refractivity contribution is -0.118. The monoisotopic (exact) mass is 338 g/mol. The van der Waals surface area contributed by atoms with Crippen molar-refractivity contribution >= 4 is 11.7 Å². The average molecular weight is 338 g/mol. The maximum atomic E-state index is 12.2. The summed E-state index contributed by atoms with van der Waals surface area (Å²) in [6.45, 7) is 1.62. The molecule has 1 aliphatic carbocycles. The smallest absolute Gasteiger partial charge is 0.263 e. The van der Waals surface area contributed by atoms with Crippen LogP contribution in [0.5, 0.6) is 5.75 Å². The summed E-state index contributed by atoms with van der Waals surface area (Å²) in [7, 11) is 0. The molecule has 3 aromatic rings. The maximum Gasteiger partial charge on any atom is 0.263 e. The van der Waals surface area contributed by atoms with Crippen molar-refractivity contribution in [3.8, 4) is 17.0 Å². The van der Waals surface area contributed by atoms with E-state index in [0.29, 0.717) is 23.0 Å². The van der Waals surface area contributed by atoms with Crippen molar-refractivity contribution in [3.63, 3.8) is 0 Å². The molecule has 0 spiro atoms. The topological polar surface area (TPSA) is 93.0 Å². The van der Waals surface area contributed by atoms with Gasteiger partial charge in [-0.05, 0) is 19.3 Å². The number of hydrogen-bond donors (Lipinski definition) is 2. The number of hydrogen-bond acceptors (Lipinski definition) is 5. The molecule has 0 fully saturated rings. The van der Waals surface area contributed by atoms with E-state index in [0.717, 1.165) is 36.1 Å². The number of fused-ring (bicyclic) bond motifs is 1. The van der Waals surface area contributed by atoms with Crippen LogP contribution in [0.4, 0.5) is 5.82 Å². The molecule has 128 valence electrons. The van der Waals surface area contributed by atoms with Crippen LogP contribution < -0.4 is 10.1 Å². The van der Waals surface area contributed by atoms with E-state index in [-0.39, 0.29) is 12.5 Å². The molecule has 25 heavy (non-hydrogen) atoms. The minimum absolute atomic E-state index is 0.135. The van der Waals surface area contributed by atoms with Gasteiger partial charge in [0.1, 0.15) is 0 Å². The van der Waals surface area contributed by atoms with Crippen LogP contribution in [0.25, 0.3) is 11.3 Å². The van der Waals surface area contributed by atoms with E-state index in [1.54, 1.807) is 6.92 Å². The van der Waals surface area contributed by atoms with E-state index in [1.807, 2.05) is 30.3 Å². The molecule has 7 heteroatoms. The molecule has 0 radical (unpaired) electrons. The first-order chi connectivity index (χ1) is 12.2. The molecule has 7 nitrogen and oxygen atoms in total. The van der Waals surface area contributed by atoms with Crippen molar-refractivity contribution in [2.75, 3.05) is 11.9 Å². The number of anilines is 1. The quantitative estimate of drug-likeness (QED) is 0.746. The predicted octanol–water partition coefficient (Wildman–Crippen LogP) is 2.88. The zero-order valence-electron chi connectivity index (χ0n) is 13.8. The molecular formula is C18H18N4O3. The minimum atomic E-state index is -0.263. The molecule has 2 aromatic heterocycles. The second-order valence-corrected chi connectivity index (χ2v) is 6.00. The van der Waals surface area contributed by atoms with Gasteiger partial charge in [0.15, 0.2) is 29.6 Å². The summed E-state index contributed by atoms with van der Waals surface area (Å²) in [6.07, 6.45) is 3.00. The van der Waals surface area contributed by atoms with E-state index < -0.39 is 0 Å². The van der Waals surface area contributed by atoms with Crippen LogP contribution in [0.2, 0.25) is 0 Å². The van der Waals surface area contributed by atoms with Crippen molar-refractivity contribution in [1.82, 2.24) is 15.4 Å². The number of aromatic amines is 1. The molecule has 0 aliphatic heterocycles. The van der Waals surface area contributed by atoms with Gasteiger partial charge in [0.2, 0.25) is 0 Å². The summed E-state index contributed by atoms with van der Waals surface area (Å²) >= 11 is 0. The van der Waals surface area contributed by atoms with Crippen LogP contribution in [0, 0.1) is 6.92 Å². The third-order valence-electron chi connectivity index (χ3n) is 4.27. The second-order valence-electron chi connectivity index (χ2n) is 6.00. The molecule has 2 heterocycles. The molecule has 0 saturated heterocycles. The summed E-state index contributed by atoms with van der Waals surface area (Å²) in [5.41, 5.74) is 3.67. The Kier molecular flexibility index (Phi) is 3.97. The largest absolute Gasteiger partial charge is 0.478 e. The molecule has 2 N–H and O–H groups in total. The van der Waals surface area contributed by atoms with Gasteiger partial charge in [0.25, 0.3) is 5.91 Å². The minimum Gasteiger partial charge on any atom is -0.478 e. The fraction of sp³-hybridized carbons (Fsp3) is 0.278. The van der Waals surface area contributed by atoms with E-state index in [4.69, 9.17) is 9.26 Å². The number of nitrogens with one attached hydrogen (secondary N) is 2. The van der Waals surface area contributed by atoms with Crippen LogP contribution in [0.3, 0.4) is 0 Å². The number of nitrogens with zero attached hydrogens (tertiary/aromatic N) is 2. The zero-order valence-corrected chi connectivity index (χ0v) is 13.8. The van der Waals surface area contributed by atoms with Crippen LogP contribution in [-0.2, 0) is 17.6 Å². The highest BCUT2D eigenvalue weighted by Gasteiger charge is 2.21. The van der Waals surface area contributed by atoms with Crippen molar-refractivity contribution in [3.05, 3.63) is 47.3 Å². The lowest BCUT2D eigenvalue weighted by Crippen LogP contribution is -2.21. The first kappa shape index (κ1) is 15.4. The fourth-order valence-corrected chi connectivity index (χ4v) is 3.04. The van der Waals surface area contributed by atoms with Gasteiger partial charge in [-0.15, -0.1) is 0 Å². The highest BCUT2D eigenvalue weighted by Crippen LogP contribution is 2.32. The molecule has 0 unspecified atom stereocenters. The van der Waals surface area contributed by atoms with Crippen molar-refractivity contribution in [2.45, 2.75) is 26.2 Å². The van der Waals surface area contributed by atoms with Gasteiger partial charge in [-0.25, -0.2) is 0 Å². The van der Waals surface area contributed by atoms with E-state index in [2.05, 4.69) is 20.7 Å². The first-order valence-electron chi connectivity index (χ1n) is 8.23. The number of carbonyl (C=O) groups is 1. The summed E-state index contributed by atoms with van der Waals surface area (Å²) < 4.78 is 10.9. The Morgan fingerprint density at radius 3 is 3.00 bits per heavy atom. The highest BCUT2D eigenvalue weighted by atomic mass is 16.5. The number of amides is 1. The summed E-state index contributed by atoms with van der Waals surface area (Å²) in [4.78, 5) is 12.2. The zero-order chi connectivity index (χ0) is 17.2. The standard InChI is InChI=1S/C18H18N4O3/c1-11-17(16(22-25-11)12-6-3-2-4-7-12)24-10-15(23)19-18-13-8-5-9-14(13)20-21-18/h2-4,6-7H,5,8-10H2,1H3,(H2,19,20,21,23). The van der Waals surface area contributed by atoms with Gasteiger partial charge in [-0.2, -0.15) is 5.10 Å². The first-order valence-corrected chi connectivity index (χ1v) is 8.23. The van der Waals surface area contributed by atoms with Crippen LogP contribution in [0.1, 0.15) is 23.4 Å². The number of aryl methyl sites for hydroxylation is 2. The Balaban J connectivity index is 1.45. The molecule has 0 bridgehead atoms. The highest BCUT2D eigenvalue weighted by molar-refractivity contribution is 5.92. The van der Waals surface area contributed by atoms with E-state index >= 15 is 0 Å². The molecule has 0 saturated carbocycles. The molecule has 1 aromatic carbocycles. The second kappa shape index (κ2) is 6.43. The van der Waals surface area contributed by atoms with Gasteiger partial charge in [-0.1, -0.05) is 35.5 Å². The average Bonchev–Trinajstić information content (AvgIpc) is 3.32. The van der Waals surface area contributed by atoms with Crippen molar-refractivity contribution < 1.29 is 14.1 Å². The maximum absolute atomic E-state index is 12.2. The SMILES string of the molecule is Cc1onc(-c2ccccc2)c1OCC(=O)Nc1n[nH]c2c1CCC2. The Labute approximate surface area is 144 Å². The Hall–Kier alpha value is -3.09. The van der Waals surface area contributed by atoms with E-state index in [1.165, 1.54) is 0 Å². The van der Waals surface area contributed by atoms with Gasteiger partial charge in [0.05, 0.1) is 0 Å². The van der Waals surface area contributed by atoms with Gasteiger partial charge in [-0.3, -0.25) is 9.89 Å². The van der Waals surface area contributed by atoms with Crippen LogP contribution in [-0.4, -0.2) is 27.9 Å². The Morgan fingerprint density at radius 2 is 2.16 bits per heavy atom. The summed E-state index contributed by atoms with van der Waals surface area (Å²) in [6, 6.07) is 9.57. The molecule has 1 amide bonds. The third-order valence-corrected chi connectivity index (χ3v) is 4.27. The molecule has 4 rings (SSSR count). The molecular weight excluding hydrogens is 320 g/mol.